The Morgan fingerprint density at radius 2 is 1.59 bits per heavy atom. The molecule has 0 fully saturated rings. The quantitative estimate of drug-likeness (QED) is 0.527. The zero-order valence-electron chi connectivity index (χ0n) is 15.5. The second-order valence-corrected chi connectivity index (χ2v) is 6.44. The minimum absolute atomic E-state index is 0.0723. The van der Waals surface area contributed by atoms with E-state index in [4.69, 9.17) is 9.84 Å². The van der Waals surface area contributed by atoms with Crippen LogP contribution in [0.2, 0.25) is 0 Å². The molecule has 0 aliphatic carbocycles. The summed E-state index contributed by atoms with van der Waals surface area (Å²) in [6, 6.07) is 11.4. The van der Waals surface area contributed by atoms with E-state index < -0.39 is 23.5 Å². The predicted octanol–water partition coefficient (Wildman–Crippen LogP) is 6.19. The number of halogens is 4. The van der Waals surface area contributed by atoms with E-state index in [1.165, 1.54) is 43.5 Å². The Hall–Kier alpha value is -3.35. The first-order chi connectivity index (χ1) is 13.6. The molecule has 0 radical (unpaired) electrons. The van der Waals surface area contributed by atoms with Gasteiger partial charge in [0, 0.05) is 17.2 Å². The first kappa shape index (κ1) is 20.4. The highest BCUT2D eigenvalue weighted by atomic mass is 19.4. The number of rotatable bonds is 4. The molecule has 29 heavy (non-hydrogen) atoms. The Bertz CT molecular complexity index is 1070. The maximum atomic E-state index is 14.7. The van der Waals surface area contributed by atoms with E-state index >= 15 is 0 Å². The molecular weight excluding hydrogens is 388 g/mol. The highest BCUT2D eigenvalue weighted by Crippen LogP contribution is 2.38. The molecule has 0 saturated heterocycles. The summed E-state index contributed by atoms with van der Waals surface area (Å²) >= 11 is 0. The van der Waals surface area contributed by atoms with Gasteiger partial charge in [-0.2, -0.15) is 13.2 Å². The molecular formula is C22H16F4O3. The van der Waals surface area contributed by atoms with Gasteiger partial charge >= 0.3 is 12.1 Å². The lowest BCUT2D eigenvalue weighted by atomic mass is 9.93. The lowest BCUT2D eigenvalue weighted by molar-refractivity contribution is -0.137. The fourth-order valence-electron chi connectivity index (χ4n) is 3.09. The van der Waals surface area contributed by atoms with Crippen LogP contribution in [0.25, 0.3) is 22.3 Å². The number of aromatic carboxylic acids is 1. The van der Waals surface area contributed by atoms with E-state index in [1.807, 2.05) is 0 Å². The summed E-state index contributed by atoms with van der Waals surface area (Å²) in [6.07, 6.45) is -4.46. The monoisotopic (exact) mass is 404 g/mol. The molecule has 0 bridgehead atoms. The third kappa shape index (κ3) is 4.08. The molecule has 0 aliphatic heterocycles. The van der Waals surface area contributed by atoms with Crippen LogP contribution in [0.1, 0.15) is 21.5 Å². The Morgan fingerprint density at radius 1 is 0.931 bits per heavy atom. The molecule has 0 saturated carbocycles. The maximum Gasteiger partial charge on any atom is 0.416 e. The van der Waals surface area contributed by atoms with Gasteiger partial charge in [-0.15, -0.1) is 0 Å². The number of benzene rings is 3. The van der Waals surface area contributed by atoms with Crippen LogP contribution in [0.4, 0.5) is 17.6 Å². The molecule has 3 aromatic rings. The van der Waals surface area contributed by atoms with Gasteiger partial charge in [-0.1, -0.05) is 18.2 Å². The van der Waals surface area contributed by atoms with Crippen molar-refractivity contribution in [2.75, 3.05) is 7.11 Å². The molecule has 0 amide bonds. The van der Waals surface area contributed by atoms with Gasteiger partial charge in [0.05, 0.1) is 18.2 Å². The minimum atomic E-state index is -4.46. The van der Waals surface area contributed by atoms with Gasteiger partial charge in [-0.3, -0.25) is 0 Å². The minimum Gasteiger partial charge on any atom is -0.496 e. The van der Waals surface area contributed by atoms with Gasteiger partial charge in [0.15, 0.2) is 0 Å². The van der Waals surface area contributed by atoms with Crippen molar-refractivity contribution in [3.05, 3.63) is 77.1 Å². The first-order valence-electron chi connectivity index (χ1n) is 8.51. The van der Waals surface area contributed by atoms with Crippen molar-refractivity contribution in [2.24, 2.45) is 0 Å². The highest BCUT2D eigenvalue weighted by molar-refractivity contribution is 5.89. The molecule has 0 atom stereocenters. The molecule has 1 N–H and O–H groups in total. The summed E-state index contributed by atoms with van der Waals surface area (Å²) in [5.74, 6) is -1.52. The Balaban J connectivity index is 2.14. The number of hydrogen-bond donors (Lipinski definition) is 1. The summed E-state index contributed by atoms with van der Waals surface area (Å²) in [7, 11) is 1.34. The summed E-state index contributed by atoms with van der Waals surface area (Å²) in [4.78, 5) is 11.1. The van der Waals surface area contributed by atoms with E-state index in [2.05, 4.69) is 0 Å². The van der Waals surface area contributed by atoms with Crippen molar-refractivity contribution in [1.82, 2.24) is 0 Å². The number of alkyl halides is 3. The van der Waals surface area contributed by atoms with Crippen LogP contribution in [0.15, 0.2) is 54.6 Å². The van der Waals surface area contributed by atoms with Crippen molar-refractivity contribution in [3.8, 4) is 28.0 Å². The van der Waals surface area contributed by atoms with Gasteiger partial charge in [0.25, 0.3) is 0 Å². The van der Waals surface area contributed by atoms with Crippen LogP contribution in [0.3, 0.4) is 0 Å². The Kier molecular flexibility index (Phi) is 5.33. The van der Waals surface area contributed by atoms with Crippen LogP contribution in [-0.4, -0.2) is 18.2 Å². The second kappa shape index (κ2) is 7.58. The molecule has 150 valence electrons. The van der Waals surface area contributed by atoms with Gasteiger partial charge in [0.1, 0.15) is 11.6 Å². The van der Waals surface area contributed by atoms with Gasteiger partial charge < -0.3 is 9.84 Å². The van der Waals surface area contributed by atoms with Crippen LogP contribution < -0.4 is 4.74 Å². The number of aryl methyl sites for hydroxylation is 1. The standard InChI is InChI=1S/C22H16F4O3/c1-12-9-14(21(27)28)5-8-16(12)18-10-17(20(29-2)11-19(18)23)13-3-6-15(7-4-13)22(24,25)26/h3-11H,1-2H3,(H,27,28). The topological polar surface area (TPSA) is 46.5 Å². The third-order valence-corrected chi connectivity index (χ3v) is 4.58. The summed E-state index contributed by atoms with van der Waals surface area (Å²) < 4.78 is 58.4. The van der Waals surface area contributed by atoms with Crippen molar-refractivity contribution >= 4 is 5.97 Å². The first-order valence-corrected chi connectivity index (χ1v) is 8.51. The maximum absolute atomic E-state index is 14.7. The SMILES string of the molecule is COc1cc(F)c(-c2ccc(C(=O)O)cc2C)cc1-c1ccc(C(F)(F)F)cc1. The number of methoxy groups -OCH3 is 1. The zero-order valence-corrected chi connectivity index (χ0v) is 15.5. The van der Waals surface area contributed by atoms with E-state index in [1.54, 1.807) is 6.92 Å². The van der Waals surface area contributed by atoms with E-state index in [0.29, 0.717) is 22.3 Å². The molecule has 3 rings (SSSR count). The number of carboxylic acids is 1. The molecule has 0 spiro atoms. The predicted molar refractivity (Wildman–Crippen MR) is 101 cm³/mol. The van der Waals surface area contributed by atoms with Crippen molar-refractivity contribution < 1.29 is 32.2 Å². The average molecular weight is 404 g/mol. The van der Waals surface area contributed by atoms with Crippen molar-refractivity contribution in [1.29, 1.82) is 0 Å². The van der Waals surface area contributed by atoms with Crippen LogP contribution in [0, 0.1) is 12.7 Å². The molecule has 0 heterocycles. The Labute approximate surface area is 164 Å². The largest absolute Gasteiger partial charge is 0.496 e. The summed E-state index contributed by atoms with van der Waals surface area (Å²) in [5.41, 5.74) is 1.34. The van der Waals surface area contributed by atoms with E-state index in [9.17, 15) is 22.4 Å². The van der Waals surface area contributed by atoms with Gasteiger partial charge in [-0.05, 0) is 53.9 Å². The summed E-state index contributed by atoms with van der Waals surface area (Å²) in [5, 5.41) is 9.10. The number of carboxylic acid groups (broad SMARTS) is 1. The number of ether oxygens (including phenoxy) is 1. The summed E-state index contributed by atoms with van der Waals surface area (Å²) in [6.45, 7) is 1.66. The fourth-order valence-corrected chi connectivity index (χ4v) is 3.09. The average Bonchev–Trinajstić information content (AvgIpc) is 2.67. The molecule has 3 aromatic carbocycles. The lowest BCUT2D eigenvalue weighted by Gasteiger charge is -2.15. The molecule has 0 aliphatic rings. The zero-order chi connectivity index (χ0) is 21.3. The molecule has 7 heteroatoms. The second-order valence-electron chi connectivity index (χ2n) is 6.44. The molecule has 0 aromatic heterocycles. The van der Waals surface area contributed by atoms with Crippen LogP contribution >= 0.6 is 0 Å². The van der Waals surface area contributed by atoms with Gasteiger partial charge in [0.2, 0.25) is 0 Å². The van der Waals surface area contributed by atoms with E-state index in [-0.39, 0.29) is 16.9 Å². The molecule has 0 unspecified atom stereocenters. The lowest BCUT2D eigenvalue weighted by Crippen LogP contribution is -2.04. The van der Waals surface area contributed by atoms with E-state index in [0.717, 1.165) is 18.2 Å². The van der Waals surface area contributed by atoms with Crippen molar-refractivity contribution in [3.63, 3.8) is 0 Å². The number of hydrogen-bond acceptors (Lipinski definition) is 2. The third-order valence-electron chi connectivity index (χ3n) is 4.58. The molecule has 3 nitrogen and oxygen atoms in total. The number of carbonyl (C=O) groups is 1. The smallest absolute Gasteiger partial charge is 0.416 e. The Morgan fingerprint density at radius 3 is 2.10 bits per heavy atom. The van der Waals surface area contributed by atoms with Gasteiger partial charge in [-0.25, -0.2) is 9.18 Å². The highest BCUT2D eigenvalue weighted by Gasteiger charge is 2.30. The normalized spacial score (nSPS) is 11.4. The van der Waals surface area contributed by atoms with Crippen LogP contribution in [-0.2, 0) is 6.18 Å². The van der Waals surface area contributed by atoms with Crippen LogP contribution in [0.5, 0.6) is 5.75 Å². The fraction of sp³-hybridized carbons (Fsp3) is 0.136. The van der Waals surface area contributed by atoms with Crippen molar-refractivity contribution in [2.45, 2.75) is 13.1 Å².